The van der Waals surface area contributed by atoms with Crippen molar-refractivity contribution in [2.45, 2.75) is 6.92 Å². The van der Waals surface area contributed by atoms with Gasteiger partial charge in [0.15, 0.2) is 5.13 Å². The van der Waals surface area contributed by atoms with Gasteiger partial charge >= 0.3 is 0 Å². The number of anilines is 3. The van der Waals surface area contributed by atoms with Crippen LogP contribution in [0.1, 0.15) is 5.69 Å². The maximum absolute atomic E-state index is 6.07. The lowest BCUT2D eigenvalue weighted by Crippen LogP contribution is -2.08. The number of nitrogens with zero attached hydrogens (tertiary/aromatic N) is 4. The molecule has 8 heteroatoms. The van der Waals surface area contributed by atoms with Gasteiger partial charge in [-0.25, -0.2) is 9.97 Å². The molecular formula is C19H19BrClN5S. The average Bonchev–Trinajstić information content (AvgIpc) is 3.18. The number of benzene rings is 1. The summed E-state index contributed by atoms with van der Waals surface area (Å²) in [6.07, 6.45) is 1.93. The molecule has 0 spiro atoms. The predicted molar refractivity (Wildman–Crippen MR) is 120 cm³/mol. The molecule has 0 aliphatic rings. The number of rotatable bonds is 4. The highest BCUT2D eigenvalue weighted by molar-refractivity contribution is 8.93. The molecule has 0 aliphatic carbocycles. The topological polar surface area (TPSA) is 45.5 Å². The highest BCUT2D eigenvalue weighted by Gasteiger charge is 2.14. The van der Waals surface area contributed by atoms with E-state index in [0.717, 1.165) is 39.2 Å². The van der Waals surface area contributed by atoms with E-state index in [2.05, 4.69) is 39.5 Å². The Kier molecular flexibility index (Phi) is 5.74. The summed E-state index contributed by atoms with van der Waals surface area (Å²) in [7, 11) is 4.06. The highest BCUT2D eigenvalue weighted by atomic mass is 79.9. The van der Waals surface area contributed by atoms with Gasteiger partial charge in [-0.3, -0.25) is 4.40 Å². The summed E-state index contributed by atoms with van der Waals surface area (Å²) in [4.78, 5) is 11.4. The molecule has 1 N–H and O–H groups in total. The second kappa shape index (κ2) is 7.88. The van der Waals surface area contributed by atoms with Crippen LogP contribution in [0.5, 0.6) is 0 Å². The van der Waals surface area contributed by atoms with Crippen LogP contribution in [0.15, 0.2) is 48.0 Å². The number of imidazole rings is 1. The SMILES string of the molecule is Br.Cc1nc2cc(Cl)ccn2c1-c1csc(Nc2ccc(N(C)C)cc2)n1. The zero-order chi connectivity index (χ0) is 18.3. The second-order valence-electron chi connectivity index (χ2n) is 6.22. The largest absolute Gasteiger partial charge is 0.378 e. The molecule has 3 heterocycles. The number of nitrogens with one attached hydrogen (secondary N) is 1. The Labute approximate surface area is 177 Å². The molecular weight excluding hydrogens is 446 g/mol. The van der Waals surface area contributed by atoms with E-state index in [1.807, 2.05) is 49.1 Å². The summed E-state index contributed by atoms with van der Waals surface area (Å²) in [5.74, 6) is 0. The summed E-state index contributed by atoms with van der Waals surface area (Å²) in [6, 6.07) is 12.0. The molecule has 0 amide bonds. The third-order valence-electron chi connectivity index (χ3n) is 4.14. The van der Waals surface area contributed by atoms with Gasteiger partial charge in [0.05, 0.1) is 11.4 Å². The van der Waals surface area contributed by atoms with Crippen LogP contribution in [0, 0.1) is 6.92 Å². The number of hydrogen-bond acceptors (Lipinski definition) is 5. The van der Waals surface area contributed by atoms with Gasteiger partial charge in [-0.05, 0) is 37.3 Å². The first-order valence-electron chi connectivity index (χ1n) is 8.16. The summed E-state index contributed by atoms with van der Waals surface area (Å²) in [5, 5.41) is 6.94. The second-order valence-corrected chi connectivity index (χ2v) is 7.52. The van der Waals surface area contributed by atoms with Crippen LogP contribution in [0.3, 0.4) is 0 Å². The number of hydrogen-bond donors (Lipinski definition) is 1. The fourth-order valence-electron chi connectivity index (χ4n) is 2.85. The lowest BCUT2D eigenvalue weighted by atomic mass is 10.2. The molecule has 0 saturated carbocycles. The van der Waals surface area contributed by atoms with Crippen molar-refractivity contribution in [3.05, 3.63) is 58.7 Å². The van der Waals surface area contributed by atoms with Crippen molar-refractivity contribution < 1.29 is 0 Å². The Morgan fingerprint density at radius 1 is 1.11 bits per heavy atom. The number of halogens is 2. The van der Waals surface area contributed by atoms with E-state index in [4.69, 9.17) is 16.6 Å². The lowest BCUT2D eigenvalue weighted by molar-refractivity contribution is 1.13. The molecule has 0 saturated heterocycles. The molecule has 0 unspecified atom stereocenters. The molecule has 140 valence electrons. The van der Waals surface area contributed by atoms with Crippen LogP contribution in [0.2, 0.25) is 5.02 Å². The smallest absolute Gasteiger partial charge is 0.187 e. The summed E-state index contributed by atoms with van der Waals surface area (Å²) < 4.78 is 2.02. The van der Waals surface area contributed by atoms with E-state index >= 15 is 0 Å². The van der Waals surface area contributed by atoms with Crippen LogP contribution < -0.4 is 10.2 Å². The first-order valence-corrected chi connectivity index (χ1v) is 9.41. The van der Waals surface area contributed by atoms with E-state index < -0.39 is 0 Å². The Hall–Kier alpha value is -2.09. The molecule has 4 aromatic rings. The van der Waals surface area contributed by atoms with Crippen LogP contribution in [0.25, 0.3) is 17.0 Å². The average molecular weight is 465 g/mol. The van der Waals surface area contributed by atoms with Gasteiger partial charge in [-0.2, -0.15) is 0 Å². The van der Waals surface area contributed by atoms with Crippen LogP contribution in [0.4, 0.5) is 16.5 Å². The molecule has 0 aliphatic heterocycles. The summed E-state index contributed by atoms with van der Waals surface area (Å²) >= 11 is 7.65. The number of thiazole rings is 1. The van der Waals surface area contributed by atoms with E-state index in [1.54, 1.807) is 11.3 Å². The van der Waals surface area contributed by atoms with Crippen molar-refractivity contribution in [2.75, 3.05) is 24.3 Å². The highest BCUT2D eigenvalue weighted by Crippen LogP contribution is 2.30. The minimum absolute atomic E-state index is 0. The maximum atomic E-state index is 6.07. The quantitative estimate of drug-likeness (QED) is 0.414. The number of fused-ring (bicyclic) bond motifs is 1. The van der Waals surface area contributed by atoms with Crippen molar-refractivity contribution in [3.63, 3.8) is 0 Å². The number of pyridine rings is 1. The lowest BCUT2D eigenvalue weighted by Gasteiger charge is -2.12. The van der Waals surface area contributed by atoms with Gasteiger partial charge in [-0.15, -0.1) is 28.3 Å². The fraction of sp³-hybridized carbons (Fsp3) is 0.158. The van der Waals surface area contributed by atoms with Gasteiger partial charge in [0.1, 0.15) is 11.3 Å². The summed E-state index contributed by atoms with van der Waals surface area (Å²) in [5.41, 5.74) is 5.82. The standard InChI is InChI=1S/C19H18ClN5S.BrH/c1-12-18(25-9-8-13(20)10-17(25)21-12)16-11-26-19(23-16)22-14-4-6-15(7-5-14)24(2)3;/h4-11H,1-3H3,(H,22,23);1H. The van der Waals surface area contributed by atoms with Gasteiger partial charge in [0.2, 0.25) is 0 Å². The van der Waals surface area contributed by atoms with Crippen LogP contribution >= 0.6 is 39.9 Å². The first-order chi connectivity index (χ1) is 12.5. The normalized spacial score (nSPS) is 10.7. The fourth-order valence-corrected chi connectivity index (χ4v) is 3.72. The van der Waals surface area contributed by atoms with Crippen molar-refractivity contribution in [1.82, 2.24) is 14.4 Å². The Morgan fingerprint density at radius 3 is 2.56 bits per heavy atom. The van der Waals surface area contributed by atoms with E-state index in [9.17, 15) is 0 Å². The molecule has 0 bridgehead atoms. The summed E-state index contributed by atoms with van der Waals surface area (Å²) in [6.45, 7) is 1.99. The Bertz CT molecular complexity index is 1070. The van der Waals surface area contributed by atoms with E-state index in [-0.39, 0.29) is 17.0 Å². The molecule has 3 aromatic heterocycles. The minimum atomic E-state index is 0. The third kappa shape index (κ3) is 3.95. The molecule has 4 rings (SSSR count). The molecule has 0 fully saturated rings. The van der Waals surface area contributed by atoms with Crippen molar-refractivity contribution in [3.8, 4) is 11.4 Å². The van der Waals surface area contributed by atoms with Gasteiger partial charge < -0.3 is 10.2 Å². The van der Waals surface area contributed by atoms with E-state index in [0.29, 0.717) is 5.02 Å². The zero-order valence-corrected chi connectivity index (χ0v) is 18.4. The van der Waals surface area contributed by atoms with Crippen molar-refractivity contribution in [1.29, 1.82) is 0 Å². The Morgan fingerprint density at radius 2 is 1.85 bits per heavy atom. The van der Waals surface area contributed by atoms with Gasteiger partial charge in [0.25, 0.3) is 0 Å². The maximum Gasteiger partial charge on any atom is 0.187 e. The number of aryl methyl sites for hydroxylation is 1. The monoisotopic (exact) mass is 463 g/mol. The Balaban J connectivity index is 0.00000210. The molecule has 0 radical (unpaired) electrons. The first kappa shape index (κ1) is 19.7. The van der Waals surface area contributed by atoms with Crippen molar-refractivity contribution in [2.24, 2.45) is 0 Å². The van der Waals surface area contributed by atoms with Crippen LogP contribution in [-0.2, 0) is 0 Å². The van der Waals surface area contributed by atoms with Gasteiger partial charge in [0, 0.05) is 48.1 Å². The molecule has 0 atom stereocenters. The molecule has 1 aromatic carbocycles. The number of aromatic nitrogens is 3. The van der Waals surface area contributed by atoms with Crippen LogP contribution in [-0.4, -0.2) is 28.5 Å². The zero-order valence-electron chi connectivity index (χ0n) is 15.1. The van der Waals surface area contributed by atoms with Gasteiger partial charge in [-0.1, -0.05) is 11.6 Å². The molecule has 27 heavy (non-hydrogen) atoms. The predicted octanol–water partition coefficient (Wildman–Crippen LogP) is 5.81. The molecule has 5 nitrogen and oxygen atoms in total. The van der Waals surface area contributed by atoms with E-state index in [1.165, 1.54) is 0 Å². The third-order valence-corrected chi connectivity index (χ3v) is 5.14. The minimum Gasteiger partial charge on any atom is -0.378 e. The van der Waals surface area contributed by atoms with Crippen molar-refractivity contribution >= 4 is 62.1 Å².